The number of esters is 1. The molecule has 1 rings (SSSR count). The Bertz CT molecular complexity index is 237. The summed E-state index contributed by atoms with van der Waals surface area (Å²) in [5.74, 6) is -0.326. The highest BCUT2D eigenvalue weighted by molar-refractivity contribution is 14.1. The van der Waals surface area contributed by atoms with Crippen molar-refractivity contribution in [1.82, 2.24) is 4.98 Å². The van der Waals surface area contributed by atoms with Crippen molar-refractivity contribution < 1.29 is 9.53 Å². The smallest absolute Gasteiger partial charge is 0.340 e. The van der Waals surface area contributed by atoms with E-state index in [2.05, 4.69) is 4.98 Å². The summed E-state index contributed by atoms with van der Waals surface area (Å²) in [5, 5.41) is 0. The lowest BCUT2D eigenvalue weighted by atomic mass is 10.3. The summed E-state index contributed by atoms with van der Waals surface area (Å²) in [5.41, 5.74) is 0.490. The molecule has 3 nitrogen and oxygen atoms in total. The van der Waals surface area contributed by atoms with Gasteiger partial charge in [0.2, 0.25) is 0 Å². The van der Waals surface area contributed by atoms with Crippen molar-refractivity contribution in [3.63, 3.8) is 0 Å². The van der Waals surface area contributed by atoms with Crippen molar-refractivity contribution in [3.05, 3.63) is 30.1 Å². The maximum Gasteiger partial charge on any atom is 0.340 e. The van der Waals surface area contributed by atoms with E-state index in [1.807, 2.05) is 22.6 Å². The molecule has 0 saturated carbocycles. The number of alkyl halides is 1. The molecule has 58 valence electrons. The van der Waals surface area contributed by atoms with Crippen LogP contribution in [0.2, 0.25) is 0 Å². The Morgan fingerprint density at radius 1 is 1.73 bits per heavy atom. The quantitative estimate of drug-likeness (QED) is 0.462. The first kappa shape index (κ1) is 8.45. The lowest BCUT2D eigenvalue weighted by Gasteiger charge is -1.97. The van der Waals surface area contributed by atoms with Gasteiger partial charge in [0.15, 0.2) is 0 Å². The second kappa shape index (κ2) is 4.27. The first-order valence-corrected chi connectivity index (χ1v) is 4.50. The van der Waals surface area contributed by atoms with Gasteiger partial charge in [-0.3, -0.25) is 4.98 Å². The predicted molar refractivity (Wildman–Crippen MR) is 48.5 cm³/mol. The number of carbonyl (C=O) groups excluding carboxylic acids is 1. The molecule has 0 unspecified atom stereocenters. The average molecular weight is 263 g/mol. The van der Waals surface area contributed by atoms with Gasteiger partial charge >= 0.3 is 5.97 Å². The molecule has 0 bridgehead atoms. The molecule has 0 aliphatic heterocycles. The van der Waals surface area contributed by atoms with Crippen LogP contribution >= 0.6 is 22.6 Å². The predicted octanol–water partition coefficient (Wildman–Crippen LogP) is 1.63. The molecule has 0 atom stereocenters. The summed E-state index contributed by atoms with van der Waals surface area (Å²) in [7, 11) is 0. The number of pyridine rings is 1. The fraction of sp³-hybridized carbons (Fsp3) is 0.143. The van der Waals surface area contributed by atoms with Crippen LogP contribution in [-0.2, 0) is 4.74 Å². The Balaban J connectivity index is 2.69. The van der Waals surface area contributed by atoms with Gasteiger partial charge in [-0.05, 0) is 34.7 Å². The van der Waals surface area contributed by atoms with E-state index in [0.717, 1.165) is 0 Å². The van der Waals surface area contributed by atoms with Crippen LogP contribution in [0.4, 0.5) is 0 Å². The number of aromatic nitrogens is 1. The molecule has 0 aromatic carbocycles. The van der Waals surface area contributed by atoms with E-state index < -0.39 is 0 Å². The third kappa shape index (κ3) is 2.45. The van der Waals surface area contributed by atoms with Gasteiger partial charge in [0.05, 0.1) is 5.56 Å². The Morgan fingerprint density at radius 2 is 2.55 bits per heavy atom. The maximum absolute atomic E-state index is 11.0. The van der Waals surface area contributed by atoms with Crippen LogP contribution in [0.1, 0.15) is 10.4 Å². The van der Waals surface area contributed by atoms with Crippen LogP contribution in [0.25, 0.3) is 0 Å². The van der Waals surface area contributed by atoms with Crippen molar-refractivity contribution in [1.29, 1.82) is 0 Å². The standard InChI is InChI=1S/C7H6INO2/c8-5-11-7(10)6-2-1-3-9-4-6/h1-4H,5H2. The van der Waals surface area contributed by atoms with Crippen molar-refractivity contribution in [2.24, 2.45) is 0 Å². The molecule has 0 amide bonds. The van der Waals surface area contributed by atoms with Crippen LogP contribution in [0.5, 0.6) is 0 Å². The number of hydrogen-bond donors (Lipinski definition) is 0. The van der Waals surface area contributed by atoms with Crippen molar-refractivity contribution >= 4 is 28.6 Å². The molecule has 0 aliphatic carbocycles. The van der Waals surface area contributed by atoms with Crippen molar-refractivity contribution in [2.75, 3.05) is 4.61 Å². The average Bonchev–Trinajstić information content (AvgIpc) is 2.07. The Hall–Kier alpha value is -0.650. The number of halogens is 1. The topological polar surface area (TPSA) is 39.2 Å². The lowest BCUT2D eigenvalue weighted by molar-refractivity contribution is 0.0590. The highest BCUT2D eigenvalue weighted by Gasteiger charge is 2.03. The fourth-order valence-electron chi connectivity index (χ4n) is 0.616. The summed E-state index contributed by atoms with van der Waals surface area (Å²) < 4.78 is 5.10. The molecule has 0 radical (unpaired) electrons. The lowest BCUT2D eigenvalue weighted by Crippen LogP contribution is -2.02. The Kier molecular flexibility index (Phi) is 3.28. The van der Waals surface area contributed by atoms with Crippen LogP contribution in [-0.4, -0.2) is 15.6 Å². The van der Waals surface area contributed by atoms with Gasteiger partial charge in [-0.25, -0.2) is 4.79 Å². The minimum atomic E-state index is -0.326. The van der Waals surface area contributed by atoms with Gasteiger partial charge in [-0.2, -0.15) is 0 Å². The largest absolute Gasteiger partial charge is 0.451 e. The van der Waals surface area contributed by atoms with E-state index in [1.54, 1.807) is 18.3 Å². The highest BCUT2D eigenvalue weighted by Crippen LogP contribution is 1.99. The summed E-state index contributed by atoms with van der Waals surface area (Å²) in [6.45, 7) is 0. The minimum Gasteiger partial charge on any atom is -0.451 e. The number of hydrogen-bond acceptors (Lipinski definition) is 3. The van der Waals surface area contributed by atoms with E-state index in [-0.39, 0.29) is 5.97 Å². The molecule has 0 saturated heterocycles. The van der Waals surface area contributed by atoms with Gasteiger partial charge in [0.25, 0.3) is 0 Å². The number of nitrogens with zero attached hydrogens (tertiary/aromatic N) is 1. The van der Waals surface area contributed by atoms with Gasteiger partial charge in [0, 0.05) is 12.4 Å². The maximum atomic E-state index is 11.0. The van der Waals surface area contributed by atoms with Gasteiger partial charge < -0.3 is 4.74 Å². The number of rotatable bonds is 2. The molecule has 1 aromatic heterocycles. The normalized spacial score (nSPS) is 9.18. The second-order valence-electron chi connectivity index (χ2n) is 1.78. The molecule has 0 fully saturated rings. The SMILES string of the molecule is O=C(OCI)c1cccnc1. The van der Waals surface area contributed by atoms with E-state index in [1.165, 1.54) is 6.20 Å². The minimum absolute atomic E-state index is 0.326. The van der Waals surface area contributed by atoms with Crippen LogP contribution in [0, 0.1) is 0 Å². The first-order valence-electron chi connectivity index (χ1n) is 2.97. The van der Waals surface area contributed by atoms with Crippen molar-refractivity contribution in [3.8, 4) is 0 Å². The molecular weight excluding hydrogens is 257 g/mol. The molecule has 4 heteroatoms. The third-order valence-corrected chi connectivity index (χ3v) is 1.39. The zero-order chi connectivity index (χ0) is 8.10. The zero-order valence-electron chi connectivity index (χ0n) is 5.66. The number of ether oxygens (including phenoxy) is 1. The van der Waals surface area contributed by atoms with E-state index in [0.29, 0.717) is 10.2 Å². The molecule has 11 heavy (non-hydrogen) atoms. The number of carbonyl (C=O) groups is 1. The van der Waals surface area contributed by atoms with Gasteiger partial charge in [0.1, 0.15) is 4.61 Å². The Morgan fingerprint density at radius 3 is 3.09 bits per heavy atom. The third-order valence-electron chi connectivity index (χ3n) is 1.08. The zero-order valence-corrected chi connectivity index (χ0v) is 7.82. The monoisotopic (exact) mass is 263 g/mol. The Labute approximate surface area is 77.9 Å². The van der Waals surface area contributed by atoms with E-state index in [9.17, 15) is 4.79 Å². The molecule has 0 spiro atoms. The summed E-state index contributed by atoms with van der Waals surface area (Å²) in [6.07, 6.45) is 3.09. The molecular formula is C7H6INO2. The van der Waals surface area contributed by atoms with Crippen LogP contribution < -0.4 is 0 Å². The van der Waals surface area contributed by atoms with E-state index in [4.69, 9.17) is 4.74 Å². The molecule has 1 aromatic rings. The van der Waals surface area contributed by atoms with Gasteiger partial charge in [-0.1, -0.05) is 0 Å². The second-order valence-corrected chi connectivity index (χ2v) is 2.41. The van der Waals surface area contributed by atoms with Crippen LogP contribution in [0.15, 0.2) is 24.5 Å². The fourth-order valence-corrected chi connectivity index (χ4v) is 0.899. The summed E-state index contributed by atoms with van der Waals surface area (Å²) in [6, 6.07) is 3.37. The van der Waals surface area contributed by atoms with Crippen LogP contribution in [0.3, 0.4) is 0 Å². The summed E-state index contributed by atoms with van der Waals surface area (Å²) in [4.78, 5) is 14.8. The summed E-state index contributed by atoms with van der Waals surface area (Å²) >= 11 is 1.97. The molecule has 0 N–H and O–H groups in total. The first-order chi connectivity index (χ1) is 5.34. The molecule has 1 heterocycles. The highest BCUT2D eigenvalue weighted by atomic mass is 127. The van der Waals surface area contributed by atoms with E-state index >= 15 is 0 Å². The van der Waals surface area contributed by atoms with Crippen molar-refractivity contribution in [2.45, 2.75) is 0 Å². The van der Waals surface area contributed by atoms with Gasteiger partial charge in [-0.15, -0.1) is 0 Å². The molecule has 0 aliphatic rings.